The number of alkyl halides is 1. The number of rotatable bonds is 8. The van der Waals surface area contributed by atoms with E-state index in [-0.39, 0.29) is 6.61 Å². The molecule has 0 aliphatic rings. The normalized spacial score (nSPS) is 12.4. The highest BCUT2D eigenvalue weighted by molar-refractivity contribution is 4.82. The van der Waals surface area contributed by atoms with Gasteiger partial charge in [-0.3, -0.25) is 0 Å². The molecule has 0 aliphatic carbocycles. The first-order valence-electron chi connectivity index (χ1n) is 4.99. The van der Waals surface area contributed by atoms with Gasteiger partial charge in [-0.1, -0.05) is 12.8 Å². The van der Waals surface area contributed by atoms with E-state index in [1.165, 1.54) is 0 Å². The molecule has 0 aromatic rings. The molecule has 76 valence electrons. The molecule has 0 bridgehead atoms. The molecule has 0 spiro atoms. The van der Waals surface area contributed by atoms with Crippen LogP contribution in [0, 0.1) is 12.3 Å². The van der Waals surface area contributed by atoms with E-state index in [2.05, 4.69) is 5.92 Å². The van der Waals surface area contributed by atoms with E-state index in [9.17, 15) is 4.39 Å². The number of hydrogen-bond donors (Lipinski definition) is 1. The van der Waals surface area contributed by atoms with Crippen molar-refractivity contribution in [2.45, 2.75) is 51.1 Å². The minimum atomic E-state index is -0.738. The van der Waals surface area contributed by atoms with Gasteiger partial charge < -0.3 is 5.11 Å². The Labute approximate surface area is 80.3 Å². The lowest BCUT2D eigenvalue weighted by atomic mass is 10.1. The third kappa shape index (κ3) is 9.36. The van der Waals surface area contributed by atoms with Crippen molar-refractivity contribution in [3.63, 3.8) is 0 Å². The molecule has 1 nitrogen and oxygen atoms in total. The van der Waals surface area contributed by atoms with Crippen LogP contribution in [0.5, 0.6) is 0 Å². The molecular weight excluding hydrogens is 167 g/mol. The Morgan fingerprint density at radius 1 is 1.15 bits per heavy atom. The van der Waals surface area contributed by atoms with Crippen molar-refractivity contribution in [1.82, 2.24) is 0 Å². The van der Waals surface area contributed by atoms with E-state index in [0.29, 0.717) is 19.3 Å². The van der Waals surface area contributed by atoms with E-state index in [0.717, 1.165) is 25.7 Å². The van der Waals surface area contributed by atoms with Crippen molar-refractivity contribution in [2.24, 2.45) is 0 Å². The average Bonchev–Trinajstić information content (AvgIpc) is 2.14. The van der Waals surface area contributed by atoms with Gasteiger partial charge in [0.1, 0.15) is 6.17 Å². The zero-order chi connectivity index (χ0) is 9.94. The Balaban J connectivity index is 3.08. The first-order valence-corrected chi connectivity index (χ1v) is 4.99. The molecule has 1 N–H and O–H groups in total. The van der Waals surface area contributed by atoms with Gasteiger partial charge in [0.25, 0.3) is 0 Å². The van der Waals surface area contributed by atoms with Crippen molar-refractivity contribution in [1.29, 1.82) is 0 Å². The molecule has 0 heterocycles. The molecule has 13 heavy (non-hydrogen) atoms. The van der Waals surface area contributed by atoms with Crippen LogP contribution in [-0.4, -0.2) is 17.9 Å². The lowest BCUT2D eigenvalue weighted by Crippen LogP contribution is -2.01. The summed E-state index contributed by atoms with van der Waals surface area (Å²) < 4.78 is 12.9. The van der Waals surface area contributed by atoms with Crippen LogP contribution in [0.15, 0.2) is 0 Å². The molecule has 0 saturated carbocycles. The second-order valence-electron chi connectivity index (χ2n) is 3.27. The highest BCUT2D eigenvalue weighted by Gasteiger charge is 2.04. The van der Waals surface area contributed by atoms with E-state index >= 15 is 0 Å². The second-order valence-corrected chi connectivity index (χ2v) is 3.27. The molecule has 0 fully saturated rings. The Morgan fingerprint density at radius 2 is 1.85 bits per heavy atom. The van der Waals surface area contributed by atoms with Crippen LogP contribution in [0.3, 0.4) is 0 Å². The van der Waals surface area contributed by atoms with E-state index < -0.39 is 6.17 Å². The first kappa shape index (κ1) is 12.4. The van der Waals surface area contributed by atoms with Crippen LogP contribution < -0.4 is 0 Å². The number of terminal acetylenes is 1. The summed E-state index contributed by atoms with van der Waals surface area (Å²) in [5.74, 6) is 2.56. The van der Waals surface area contributed by atoms with Crippen molar-refractivity contribution in [3.8, 4) is 12.3 Å². The number of hydrogen-bond acceptors (Lipinski definition) is 1. The molecule has 0 amide bonds. The number of unbranched alkanes of at least 4 members (excludes halogenated alkanes) is 3. The summed E-state index contributed by atoms with van der Waals surface area (Å²) in [7, 11) is 0. The number of halogens is 1. The van der Waals surface area contributed by atoms with Crippen LogP contribution >= 0.6 is 0 Å². The summed E-state index contributed by atoms with van der Waals surface area (Å²) in [4.78, 5) is 0. The number of aliphatic hydroxyl groups is 1. The average molecular weight is 186 g/mol. The van der Waals surface area contributed by atoms with Crippen LogP contribution in [0.4, 0.5) is 4.39 Å². The largest absolute Gasteiger partial charge is 0.396 e. The standard InChI is InChI=1S/C11H19FO/c1-2-3-4-5-6-8-11(12)9-7-10-13/h1,11,13H,3-10H2. The zero-order valence-corrected chi connectivity index (χ0v) is 8.14. The van der Waals surface area contributed by atoms with Gasteiger partial charge in [-0.15, -0.1) is 12.3 Å². The van der Waals surface area contributed by atoms with Crippen LogP contribution in [0.2, 0.25) is 0 Å². The minimum Gasteiger partial charge on any atom is -0.396 e. The summed E-state index contributed by atoms with van der Waals surface area (Å²) >= 11 is 0. The zero-order valence-electron chi connectivity index (χ0n) is 8.14. The number of aliphatic hydroxyl groups excluding tert-OH is 1. The highest BCUT2D eigenvalue weighted by Crippen LogP contribution is 2.12. The Hall–Kier alpha value is -0.550. The molecule has 0 radical (unpaired) electrons. The van der Waals surface area contributed by atoms with E-state index in [4.69, 9.17) is 11.5 Å². The molecule has 0 aromatic heterocycles. The molecule has 2 heteroatoms. The molecule has 0 rings (SSSR count). The summed E-state index contributed by atoms with van der Waals surface area (Å²) in [6.07, 6.45) is 9.76. The third-order valence-corrected chi connectivity index (χ3v) is 2.01. The molecule has 1 unspecified atom stereocenters. The minimum absolute atomic E-state index is 0.0948. The maximum absolute atomic E-state index is 12.9. The predicted molar refractivity (Wildman–Crippen MR) is 53.1 cm³/mol. The fourth-order valence-electron chi connectivity index (χ4n) is 1.23. The first-order chi connectivity index (χ1) is 6.31. The summed E-state index contributed by atoms with van der Waals surface area (Å²) in [5.41, 5.74) is 0. The molecule has 0 aliphatic heterocycles. The molecule has 1 atom stereocenters. The smallest absolute Gasteiger partial charge is 0.100 e. The molecule has 0 aromatic carbocycles. The van der Waals surface area contributed by atoms with Gasteiger partial charge >= 0.3 is 0 Å². The van der Waals surface area contributed by atoms with E-state index in [1.807, 2.05) is 0 Å². The van der Waals surface area contributed by atoms with Gasteiger partial charge in [-0.05, 0) is 25.7 Å². The summed E-state index contributed by atoms with van der Waals surface area (Å²) in [5, 5.41) is 8.47. The van der Waals surface area contributed by atoms with Crippen LogP contribution in [-0.2, 0) is 0 Å². The maximum Gasteiger partial charge on any atom is 0.100 e. The van der Waals surface area contributed by atoms with Crippen molar-refractivity contribution >= 4 is 0 Å². The Kier molecular flexibility index (Phi) is 9.13. The summed E-state index contributed by atoms with van der Waals surface area (Å²) in [6, 6.07) is 0. The summed E-state index contributed by atoms with van der Waals surface area (Å²) in [6.45, 7) is 0.0948. The van der Waals surface area contributed by atoms with Crippen molar-refractivity contribution < 1.29 is 9.50 Å². The van der Waals surface area contributed by atoms with Crippen molar-refractivity contribution in [2.75, 3.05) is 6.61 Å². The fourth-order valence-corrected chi connectivity index (χ4v) is 1.23. The van der Waals surface area contributed by atoms with Gasteiger partial charge in [0.05, 0.1) is 0 Å². The lowest BCUT2D eigenvalue weighted by molar-refractivity contribution is 0.234. The second kappa shape index (κ2) is 9.54. The van der Waals surface area contributed by atoms with Crippen LogP contribution in [0.25, 0.3) is 0 Å². The third-order valence-electron chi connectivity index (χ3n) is 2.01. The Bertz CT molecular complexity index is 140. The molecule has 0 saturated heterocycles. The predicted octanol–water partition coefficient (Wildman–Crippen LogP) is 2.68. The van der Waals surface area contributed by atoms with Gasteiger partial charge in [0, 0.05) is 13.0 Å². The topological polar surface area (TPSA) is 20.2 Å². The fraction of sp³-hybridized carbons (Fsp3) is 0.818. The van der Waals surface area contributed by atoms with Crippen LogP contribution in [0.1, 0.15) is 44.9 Å². The van der Waals surface area contributed by atoms with Gasteiger partial charge in [-0.2, -0.15) is 0 Å². The lowest BCUT2D eigenvalue weighted by Gasteiger charge is -2.05. The highest BCUT2D eigenvalue weighted by atomic mass is 19.1. The van der Waals surface area contributed by atoms with Crippen molar-refractivity contribution in [3.05, 3.63) is 0 Å². The van der Waals surface area contributed by atoms with E-state index in [1.54, 1.807) is 0 Å². The molecular formula is C11H19FO. The Morgan fingerprint density at radius 3 is 2.46 bits per heavy atom. The maximum atomic E-state index is 12.9. The monoisotopic (exact) mass is 186 g/mol. The van der Waals surface area contributed by atoms with Gasteiger partial charge in [-0.25, -0.2) is 4.39 Å². The SMILES string of the molecule is C#CCCCCCC(F)CCCO. The van der Waals surface area contributed by atoms with Gasteiger partial charge in [0.2, 0.25) is 0 Å². The quantitative estimate of drug-likeness (QED) is 0.456. The van der Waals surface area contributed by atoms with Gasteiger partial charge in [0.15, 0.2) is 0 Å².